The van der Waals surface area contributed by atoms with E-state index < -0.39 is 0 Å². The quantitative estimate of drug-likeness (QED) is 0.392. The molecule has 0 amide bonds. The summed E-state index contributed by atoms with van der Waals surface area (Å²) in [7, 11) is 0. The third-order valence-electron chi connectivity index (χ3n) is 4.91. The molecule has 6 rings (SSSR count). The van der Waals surface area contributed by atoms with Crippen molar-refractivity contribution < 1.29 is 0 Å². The van der Waals surface area contributed by atoms with E-state index in [1.165, 1.54) is 15.8 Å². The zero-order chi connectivity index (χ0) is 18.5. The molecule has 28 heavy (non-hydrogen) atoms. The minimum Gasteiger partial charge on any atom is -0.353 e. The van der Waals surface area contributed by atoms with Gasteiger partial charge in [0, 0.05) is 33.1 Å². The third-order valence-corrected chi connectivity index (χ3v) is 5.81. The molecule has 6 nitrogen and oxygen atoms in total. The molecule has 0 atom stereocenters. The number of aromatic nitrogens is 6. The fraction of sp³-hybridized carbons (Fsp3) is 0. The molecule has 0 aliphatic heterocycles. The van der Waals surface area contributed by atoms with Crippen LogP contribution in [0.1, 0.15) is 0 Å². The molecular weight excluding hydrogens is 368 g/mol. The summed E-state index contributed by atoms with van der Waals surface area (Å²) in [5.41, 5.74) is 7.62. The number of thiophene rings is 1. The SMILES string of the molecule is c1csc(-c2cccc3[nH]c(-c4n[nH]c5ccc(-c6cn[nH]c6)nc45)cc23)c1. The Kier molecular flexibility index (Phi) is 3.24. The first kappa shape index (κ1) is 15.4. The number of hydrogen-bond donors (Lipinski definition) is 3. The lowest BCUT2D eigenvalue weighted by Crippen LogP contribution is -1.84. The van der Waals surface area contributed by atoms with Gasteiger partial charge in [-0.2, -0.15) is 10.2 Å². The highest BCUT2D eigenvalue weighted by molar-refractivity contribution is 7.13. The number of pyridine rings is 1. The second-order valence-electron chi connectivity index (χ2n) is 6.58. The molecule has 0 bridgehead atoms. The lowest BCUT2D eigenvalue weighted by molar-refractivity contribution is 1.09. The Labute approximate surface area is 163 Å². The number of benzene rings is 1. The van der Waals surface area contributed by atoms with Crippen LogP contribution in [0.3, 0.4) is 0 Å². The number of rotatable bonds is 3. The molecule has 7 heteroatoms. The molecule has 3 N–H and O–H groups in total. The number of hydrogen-bond acceptors (Lipinski definition) is 4. The Morgan fingerprint density at radius 2 is 1.96 bits per heavy atom. The van der Waals surface area contributed by atoms with Gasteiger partial charge in [0.1, 0.15) is 11.2 Å². The molecule has 1 aromatic carbocycles. The standard InChI is InChI=1S/C21H14N6S/c1-3-13(19-5-2-8-28-19)14-9-18(24-16(14)4-1)21-20-17(26-27-21)7-6-15(25-20)12-10-22-23-11-12/h1-11,24H,(H,22,23)(H,26,27). The minimum absolute atomic E-state index is 0.814. The predicted octanol–water partition coefficient (Wildman–Crippen LogP) is 5.22. The molecule has 134 valence electrons. The van der Waals surface area contributed by atoms with Crippen LogP contribution in [0.2, 0.25) is 0 Å². The van der Waals surface area contributed by atoms with Crippen LogP contribution < -0.4 is 0 Å². The van der Waals surface area contributed by atoms with E-state index >= 15 is 0 Å². The van der Waals surface area contributed by atoms with Crippen LogP contribution in [-0.2, 0) is 0 Å². The van der Waals surface area contributed by atoms with Crippen molar-refractivity contribution in [3.63, 3.8) is 0 Å². The Morgan fingerprint density at radius 3 is 2.82 bits per heavy atom. The average Bonchev–Trinajstić information content (AvgIpc) is 3.53. The Balaban J connectivity index is 1.55. The van der Waals surface area contributed by atoms with Gasteiger partial charge >= 0.3 is 0 Å². The monoisotopic (exact) mass is 382 g/mol. The highest BCUT2D eigenvalue weighted by Crippen LogP contribution is 2.35. The fourth-order valence-corrected chi connectivity index (χ4v) is 4.33. The van der Waals surface area contributed by atoms with Gasteiger partial charge in [0.25, 0.3) is 0 Å². The van der Waals surface area contributed by atoms with Crippen molar-refractivity contribution in [2.75, 3.05) is 0 Å². The van der Waals surface area contributed by atoms with E-state index in [0.717, 1.165) is 39.2 Å². The second-order valence-corrected chi connectivity index (χ2v) is 7.53. The lowest BCUT2D eigenvalue weighted by Gasteiger charge is -1.98. The van der Waals surface area contributed by atoms with E-state index in [-0.39, 0.29) is 0 Å². The minimum atomic E-state index is 0.814. The smallest absolute Gasteiger partial charge is 0.135 e. The summed E-state index contributed by atoms with van der Waals surface area (Å²) in [5, 5.41) is 17.8. The Bertz CT molecular complexity index is 1410. The molecule has 0 saturated heterocycles. The first-order valence-electron chi connectivity index (χ1n) is 8.87. The van der Waals surface area contributed by atoms with Crippen LogP contribution in [0.25, 0.3) is 55.0 Å². The molecule has 0 radical (unpaired) electrons. The summed E-state index contributed by atoms with van der Waals surface area (Å²) in [6.07, 6.45) is 3.61. The summed E-state index contributed by atoms with van der Waals surface area (Å²) in [6.45, 7) is 0. The predicted molar refractivity (Wildman–Crippen MR) is 112 cm³/mol. The highest BCUT2D eigenvalue weighted by Gasteiger charge is 2.15. The number of fused-ring (bicyclic) bond motifs is 2. The molecule has 0 unspecified atom stereocenters. The largest absolute Gasteiger partial charge is 0.353 e. The maximum Gasteiger partial charge on any atom is 0.135 e. The molecule has 0 fully saturated rings. The summed E-state index contributed by atoms with van der Waals surface area (Å²) in [4.78, 5) is 9.59. The molecule has 0 aliphatic carbocycles. The topological polar surface area (TPSA) is 86.0 Å². The van der Waals surface area contributed by atoms with Gasteiger partial charge < -0.3 is 4.98 Å². The Hall–Kier alpha value is -3.71. The molecule has 0 spiro atoms. The maximum atomic E-state index is 4.82. The molecule has 0 aliphatic rings. The van der Waals surface area contributed by atoms with E-state index in [2.05, 4.69) is 67.2 Å². The van der Waals surface area contributed by atoms with Gasteiger partial charge in [0.05, 0.1) is 23.1 Å². The normalized spacial score (nSPS) is 11.6. The van der Waals surface area contributed by atoms with Crippen molar-refractivity contribution >= 4 is 33.3 Å². The molecule has 0 saturated carbocycles. The number of H-pyrrole nitrogens is 3. The van der Waals surface area contributed by atoms with E-state index in [4.69, 9.17) is 4.98 Å². The van der Waals surface area contributed by atoms with Crippen LogP contribution >= 0.6 is 11.3 Å². The van der Waals surface area contributed by atoms with Crippen LogP contribution in [0.5, 0.6) is 0 Å². The first-order chi connectivity index (χ1) is 13.9. The van der Waals surface area contributed by atoms with Crippen molar-refractivity contribution in [1.82, 2.24) is 30.4 Å². The Morgan fingerprint density at radius 1 is 0.964 bits per heavy atom. The van der Waals surface area contributed by atoms with Gasteiger partial charge in [-0.15, -0.1) is 11.3 Å². The van der Waals surface area contributed by atoms with Crippen molar-refractivity contribution in [1.29, 1.82) is 0 Å². The van der Waals surface area contributed by atoms with E-state index in [1.807, 2.05) is 18.3 Å². The van der Waals surface area contributed by atoms with Gasteiger partial charge in [-0.25, -0.2) is 4.98 Å². The molecule has 5 heterocycles. The van der Waals surface area contributed by atoms with Crippen LogP contribution in [0.15, 0.2) is 66.3 Å². The number of aromatic amines is 3. The van der Waals surface area contributed by atoms with E-state index in [0.29, 0.717) is 0 Å². The van der Waals surface area contributed by atoms with Crippen molar-refractivity contribution in [2.45, 2.75) is 0 Å². The summed E-state index contributed by atoms with van der Waals surface area (Å²) < 4.78 is 0. The van der Waals surface area contributed by atoms with Crippen molar-refractivity contribution in [3.05, 3.63) is 66.3 Å². The highest BCUT2D eigenvalue weighted by atomic mass is 32.1. The summed E-state index contributed by atoms with van der Waals surface area (Å²) in [5.74, 6) is 0. The number of nitrogens with zero attached hydrogens (tertiary/aromatic N) is 3. The summed E-state index contributed by atoms with van der Waals surface area (Å²) >= 11 is 1.74. The maximum absolute atomic E-state index is 4.82. The molecular formula is C21H14N6S. The van der Waals surface area contributed by atoms with Gasteiger partial charge in [-0.1, -0.05) is 18.2 Å². The molecule has 5 aromatic heterocycles. The van der Waals surface area contributed by atoms with E-state index in [1.54, 1.807) is 17.5 Å². The van der Waals surface area contributed by atoms with Gasteiger partial charge in [0.15, 0.2) is 0 Å². The van der Waals surface area contributed by atoms with E-state index in [9.17, 15) is 0 Å². The van der Waals surface area contributed by atoms with Crippen molar-refractivity contribution in [2.24, 2.45) is 0 Å². The fourth-order valence-electron chi connectivity index (χ4n) is 3.57. The summed E-state index contributed by atoms with van der Waals surface area (Å²) in [6, 6.07) is 16.7. The van der Waals surface area contributed by atoms with Crippen LogP contribution in [0, 0.1) is 0 Å². The van der Waals surface area contributed by atoms with Gasteiger partial charge in [-0.3, -0.25) is 10.2 Å². The third kappa shape index (κ3) is 2.30. The second kappa shape index (κ2) is 5.90. The van der Waals surface area contributed by atoms with Crippen LogP contribution in [0.4, 0.5) is 0 Å². The number of nitrogens with one attached hydrogen (secondary N) is 3. The zero-order valence-electron chi connectivity index (χ0n) is 14.6. The van der Waals surface area contributed by atoms with Gasteiger partial charge in [0.2, 0.25) is 0 Å². The molecule has 6 aromatic rings. The zero-order valence-corrected chi connectivity index (χ0v) is 15.4. The van der Waals surface area contributed by atoms with Crippen LogP contribution in [-0.4, -0.2) is 30.4 Å². The van der Waals surface area contributed by atoms with Crippen molar-refractivity contribution in [3.8, 4) is 33.1 Å². The first-order valence-corrected chi connectivity index (χ1v) is 9.75. The average molecular weight is 382 g/mol. The van der Waals surface area contributed by atoms with Gasteiger partial charge in [-0.05, 0) is 35.7 Å². The lowest BCUT2D eigenvalue weighted by atomic mass is 10.1.